The molecular weight excluding hydrogens is 158 g/mol. The highest BCUT2D eigenvalue weighted by Crippen LogP contribution is 1.82. The number of aliphatic hydroxyl groups excluding tert-OH is 1. The summed E-state index contributed by atoms with van der Waals surface area (Å²) in [5, 5.41) is 11.2. The van der Waals surface area contributed by atoms with Crippen molar-refractivity contribution >= 4 is 5.91 Å². The fourth-order valence-electron chi connectivity index (χ4n) is 0.676. The first kappa shape index (κ1) is 11.0. The number of ether oxygens (including phenoxy) is 1. The van der Waals surface area contributed by atoms with E-state index < -0.39 is 5.91 Å². The van der Waals surface area contributed by atoms with Gasteiger partial charge in [-0.1, -0.05) is 5.92 Å². The molecule has 0 aliphatic heterocycles. The van der Waals surface area contributed by atoms with Crippen LogP contribution in [0.1, 0.15) is 6.92 Å². The SMILES string of the molecule is CC#CC(=O)NC(CO)COC. The maximum Gasteiger partial charge on any atom is 0.296 e. The summed E-state index contributed by atoms with van der Waals surface area (Å²) in [7, 11) is 1.50. The molecule has 0 aliphatic rings. The zero-order valence-electron chi connectivity index (χ0n) is 7.26. The normalized spacial score (nSPS) is 11.2. The largest absolute Gasteiger partial charge is 0.394 e. The zero-order valence-corrected chi connectivity index (χ0v) is 7.26. The molecular formula is C8H13NO3. The number of carbonyl (C=O) groups is 1. The molecule has 0 saturated carbocycles. The zero-order chi connectivity index (χ0) is 9.40. The van der Waals surface area contributed by atoms with Gasteiger partial charge >= 0.3 is 0 Å². The van der Waals surface area contributed by atoms with E-state index in [9.17, 15) is 4.79 Å². The van der Waals surface area contributed by atoms with Crippen LogP contribution < -0.4 is 5.32 Å². The third-order valence-electron chi connectivity index (χ3n) is 1.16. The second kappa shape index (κ2) is 6.65. The summed E-state index contributed by atoms with van der Waals surface area (Å²) in [4.78, 5) is 10.8. The molecule has 12 heavy (non-hydrogen) atoms. The van der Waals surface area contributed by atoms with E-state index in [1.54, 1.807) is 6.92 Å². The Morgan fingerprint density at radius 2 is 2.42 bits per heavy atom. The highest BCUT2D eigenvalue weighted by molar-refractivity contribution is 5.93. The second-order valence-electron chi connectivity index (χ2n) is 2.18. The lowest BCUT2D eigenvalue weighted by Crippen LogP contribution is -2.39. The summed E-state index contributed by atoms with van der Waals surface area (Å²) in [5.74, 6) is 4.36. The minimum Gasteiger partial charge on any atom is -0.394 e. The van der Waals surface area contributed by atoms with Crippen LogP contribution in [0.4, 0.5) is 0 Å². The number of hydrogen-bond acceptors (Lipinski definition) is 3. The number of methoxy groups -OCH3 is 1. The first-order valence-electron chi connectivity index (χ1n) is 3.57. The quantitative estimate of drug-likeness (QED) is 0.541. The van der Waals surface area contributed by atoms with Crippen LogP contribution in [-0.4, -0.2) is 37.4 Å². The fraction of sp³-hybridized carbons (Fsp3) is 0.625. The van der Waals surface area contributed by atoms with Crippen LogP contribution in [0.15, 0.2) is 0 Å². The molecule has 0 spiro atoms. The van der Waals surface area contributed by atoms with Gasteiger partial charge in [-0.2, -0.15) is 0 Å². The van der Waals surface area contributed by atoms with Gasteiger partial charge in [-0.15, -0.1) is 0 Å². The third kappa shape index (κ3) is 4.72. The summed E-state index contributed by atoms with van der Waals surface area (Å²) in [5.41, 5.74) is 0. The van der Waals surface area contributed by atoms with Crippen LogP contribution in [0.3, 0.4) is 0 Å². The van der Waals surface area contributed by atoms with Gasteiger partial charge in [0.05, 0.1) is 19.3 Å². The molecule has 0 aliphatic carbocycles. The molecule has 0 aromatic rings. The Morgan fingerprint density at radius 3 is 2.83 bits per heavy atom. The fourth-order valence-corrected chi connectivity index (χ4v) is 0.676. The topological polar surface area (TPSA) is 58.6 Å². The van der Waals surface area contributed by atoms with Crippen LogP contribution in [0, 0.1) is 11.8 Å². The molecule has 0 saturated heterocycles. The molecule has 0 bridgehead atoms. The summed E-state index contributed by atoms with van der Waals surface area (Å²) >= 11 is 0. The van der Waals surface area contributed by atoms with Crippen molar-refractivity contribution in [3.8, 4) is 11.8 Å². The molecule has 0 fully saturated rings. The van der Waals surface area contributed by atoms with Gasteiger partial charge in [0, 0.05) is 7.11 Å². The molecule has 0 radical (unpaired) electrons. The predicted octanol–water partition coefficient (Wildman–Crippen LogP) is -0.867. The number of aliphatic hydroxyl groups is 1. The van der Waals surface area contributed by atoms with Crippen LogP contribution in [0.2, 0.25) is 0 Å². The van der Waals surface area contributed by atoms with E-state index >= 15 is 0 Å². The summed E-state index contributed by atoms with van der Waals surface area (Å²) < 4.78 is 4.75. The lowest BCUT2D eigenvalue weighted by Gasteiger charge is -2.12. The molecule has 1 atom stereocenters. The van der Waals surface area contributed by atoms with Crippen LogP contribution in [0.25, 0.3) is 0 Å². The minimum absolute atomic E-state index is 0.148. The Morgan fingerprint density at radius 1 is 1.75 bits per heavy atom. The number of amides is 1. The van der Waals surface area contributed by atoms with Gasteiger partial charge < -0.3 is 15.2 Å². The van der Waals surface area contributed by atoms with Crippen LogP contribution in [-0.2, 0) is 9.53 Å². The van der Waals surface area contributed by atoms with Crippen molar-refractivity contribution in [1.29, 1.82) is 0 Å². The molecule has 4 nitrogen and oxygen atoms in total. The molecule has 2 N–H and O–H groups in total. The van der Waals surface area contributed by atoms with Gasteiger partial charge in [0.15, 0.2) is 0 Å². The Labute approximate surface area is 71.9 Å². The molecule has 1 unspecified atom stereocenters. The van der Waals surface area contributed by atoms with Crippen molar-refractivity contribution in [2.75, 3.05) is 20.3 Å². The number of carbonyl (C=O) groups excluding carboxylic acids is 1. The Hall–Kier alpha value is -1.05. The molecule has 0 rings (SSSR count). The van der Waals surface area contributed by atoms with Crippen molar-refractivity contribution in [3.05, 3.63) is 0 Å². The predicted molar refractivity (Wildman–Crippen MR) is 44.3 cm³/mol. The average molecular weight is 171 g/mol. The Kier molecular flexibility index (Phi) is 6.07. The summed E-state index contributed by atoms with van der Waals surface area (Å²) in [6.07, 6.45) is 0. The molecule has 0 heterocycles. The van der Waals surface area contributed by atoms with Crippen molar-refractivity contribution in [2.24, 2.45) is 0 Å². The first-order valence-corrected chi connectivity index (χ1v) is 3.57. The molecule has 0 aromatic heterocycles. The number of hydrogen-bond donors (Lipinski definition) is 2. The number of nitrogens with one attached hydrogen (secondary N) is 1. The van der Waals surface area contributed by atoms with Gasteiger partial charge in [-0.05, 0) is 12.8 Å². The monoisotopic (exact) mass is 171 g/mol. The molecule has 0 aromatic carbocycles. The smallest absolute Gasteiger partial charge is 0.296 e. The van der Waals surface area contributed by atoms with E-state index in [1.807, 2.05) is 0 Å². The number of rotatable bonds is 4. The van der Waals surface area contributed by atoms with Gasteiger partial charge in [-0.25, -0.2) is 0 Å². The van der Waals surface area contributed by atoms with E-state index in [4.69, 9.17) is 9.84 Å². The van der Waals surface area contributed by atoms with Crippen molar-refractivity contribution in [3.63, 3.8) is 0 Å². The lowest BCUT2D eigenvalue weighted by atomic mass is 10.3. The van der Waals surface area contributed by atoms with Gasteiger partial charge in [0.1, 0.15) is 0 Å². The van der Waals surface area contributed by atoms with Crippen molar-refractivity contribution < 1.29 is 14.6 Å². The van der Waals surface area contributed by atoms with Crippen molar-refractivity contribution in [2.45, 2.75) is 13.0 Å². The van der Waals surface area contributed by atoms with Gasteiger partial charge in [0.25, 0.3) is 5.91 Å². The van der Waals surface area contributed by atoms with E-state index in [0.717, 1.165) is 0 Å². The summed E-state index contributed by atoms with van der Waals surface area (Å²) in [6.45, 7) is 1.71. The third-order valence-corrected chi connectivity index (χ3v) is 1.16. The minimum atomic E-state index is -0.395. The molecule has 1 amide bonds. The van der Waals surface area contributed by atoms with E-state index in [0.29, 0.717) is 0 Å². The summed E-state index contributed by atoms with van der Waals surface area (Å²) in [6, 6.07) is -0.372. The highest BCUT2D eigenvalue weighted by Gasteiger charge is 2.08. The van der Waals surface area contributed by atoms with E-state index in [1.165, 1.54) is 7.11 Å². The van der Waals surface area contributed by atoms with E-state index in [-0.39, 0.29) is 19.3 Å². The van der Waals surface area contributed by atoms with Gasteiger partial charge in [0.2, 0.25) is 0 Å². The standard InChI is InChI=1S/C8H13NO3/c1-3-4-8(11)9-7(5-10)6-12-2/h7,10H,5-6H2,1-2H3,(H,9,11). The maximum absolute atomic E-state index is 10.8. The molecule has 68 valence electrons. The van der Waals surface area contributed by atoms with Gasteiger partial charge in [-0.3, -0.25) is 4.79 Å². The van der Waals surface area contributed by atoms with Crippen LogP contribution in [0.5, 0.6) is 0 Å². The molecule has 4 heteroatoms. The second-order valence-corrected chi connectivity index (χ2v) is 2.18. The maximum atomic E-state index is 10.8. The Bertz CT molecular complexity index is 192. The van der Waals surface area contributed by atoms with E-state index in [2.05, 4.69) is 17.2 Å². The lowest BCUT2D eigenvalue weighted by molar-refractivity contribution is -0.117. The van der Waals surface area contributed by atoms with Crippen LogP contribution >= 0.6 is 0 Å². The Balaban J connectivity index is 3.82. The average Bonchev–Trinajstić information content (AvgIpc) is 2.04. The van der Waals surface area contributed by atoms with Crippen molar-refractivity contribution in [1.82, 2.24) is 5.32 Å². The first-order chi connectivity index (χ1) is 5.74. The highest BCUT2D eigenvalue weighted by atomic mass is 16.5.